The number of carboxylic acids is 1. The molecule has 0 amide bonds. The molecular formula is C23H28N4O2. The number of likely N-dealkylation sites (tertiary alicyclic amines) is 1. The predicted molar refractivity (Wildman–Crippen MR) is 113 cm³/mol. The Morgan fingerprint density at radius 1 is 1.21 bits per heavy atom. The standard InChI is InChI=1S/C23H28N4O2/c28-23(29)14-18-9-12-27(11-4-7-17-5-2-1-3-6-17)16-19(18)13-22-25-20-8-10-24-15-21(20)26-22/h1-3,5-6,8,10,15,18-19H,4,7,9,11-14,16H2,(H,25,26)(H,28,29)/t18-,19-/m0/s1. The van der Waals surface area contributed by atoms with E-state index >= 15 is 0 Å². The van der Waals surface area contributed by atoms with Gasteiger partial charge in [0.15, 0.2) is 0 Å². The minimum Gasteiger partial charge on any atom is -0.481 e. The Morgan fingerprint density at radius 3 is 2.86 bits per heavy atom. The number of imidazole rings is 1. The number of H-pyrrole nitrogens is 1. The number of nitrogens with one attached hydrogen (secondary N) is 1. The molecule has 0 aliphatic carbocycles. The SMILES string of the molecule is O=C(O)C[C@@H]1CCN(CCCc2ccccc2)C[C@@H]1Cc1nc2ccncc2[nH]1. The second-order valence-corrected chi connectivity index (χ2v) is 8.08. The maximum absolute atomic E-state index is 11.4. The van der Waals surface area contributed by atoms with E-state index in [-0.39, 0.29) is 12.3 Å². The van der Waals surface area contributed by atoms with Crippen molar-refractivity contribution in [2.45, 2.75) is 32.1 Å². The van der Waals surface area contributed by atoms with Gasteiger partial charge in [-0.25, -0.2) is 4.98 Å². The van der Waals surface area contributed by atoms with Gasteiger partial charge in [-0.15, -0.1) is 0 Å². The molecule has 6 heteroatoms. The zero-order valence-electron chi connectivity index (χ0n) is 16.6. The number of aromatic amines is 1. The summed E-state index contributed by atoms with van der Waals surface area (Å²) in [6.45, 7) is 2.96. The number of aryl methyl sites for hydroxylation is 1. The van der Waals surface area contributed by atoms with Crippen molar-refractivity contribution in [3.05, 3.63) is 60.2 Å². The summed E-state index contributed by atoms with van der Waals surface area (Å²) in [7, 11) is 0. The van der Waals surface area contributed by atoms with Crippen molar-refractivity contribution >= 4 is 17.0 Å². The van der Waals surface area contributed by atoms with E-state index in [0.717, 1.165) is 62.2 Å². The number of nitrogens with zero attached hydrogens (tertiary/aromatic N) is 3. The van der Waals surface area contributed by atoms with Crippen LogP contribution in [0.3, 0.4) is 0 Å². The summed E-state index contributed by atoms with van der Waals surface area (Å²) in [5.41, 5.74) is 3.23. The Bertz CT molecular complexity index is 907. The van der Waals surface area contributed by atoms with Crippen LogP contribution in [0.25, 0.3) is 11.0 Å². The summed E-state index contributed by atoms with van der Waals surface area (Å²) in [5.74, 6) is 0.722. The first-order valence-electron chi connectivity index (χ1n) is 10.4. The molecule has 1 aliphatic rings. The van der Waals surface area contributed by atoms with Gasteiger partial charge >= 0.3 is 5.97 Å². The fourth-order valence-electron chi connectivity index (χ4n) is 4.49. The number of hydrogen-bond donors (Lipinski definition) is 2. The molecule has 1 saturated heterocycles. The third-order valence-corrected chi connectivity index (χ3v) is 5.98. The van der Waals surface area contributed by atoms with E-state index < -0.39 is 5.97 Å². The lowest BCUT2D eigenvalue weighted by Crippen LogP contribution is -2.42. The average molecular weight is 393 g/mol. The van der Waals surface area contributed by atoms with Crippen LogP contribution >= 0.6 is 0 Å². The Hall–Kier alpha value is -2.73. The Labute approximate surface area is 171 Å². The van der Waals surface area contributed by atoms with E-state index in [4.69, 9.17) is 0 Å². The van der Waals surface area contributed by atoms with E-state index in [9.17, 15) is 9.90 Å². The third kappa shape index (κ3) is 5.21. The van der Waals surface area contributed by atoms with Gasteiger partial charge in [0.05, 0.1) is 17.2 Å². The number of carboxylic acid groups (broad SMARTS) is 1. The Morgan fingerprint density at radius 2 is 2.07 bits per heavy atom. The molecule has 1 aliphatic heterocycles. The van der Waals surface area contributed by atoms with E-state index in [1.54, 1.807) is 12.4 Å². The molecule has 0 radical (unpaired) electrons. The molecule has 29 heavy (non-hydrogen) atoms. The van der Waals surface area contributed by atoms with E-state index in [1.165, 1.54) is 5.56 Å². The van der Waals surface area contributed by atoms with Crippen LogP contribution in [0.1, 0.15) is 30.7 Å². The number of aliphatic carboxylic acids is 1. The highest BCUT2D eigenvalue weighted by Gasteiger charge is 2.31. The van der Waals surface area contributed by atoms with Crippen molar-refractivity contribution in [2.75, 3.05) is 19.6 Å². The quantitative estimate of drug-likeness (QED) is 0.613. The van der Waals surface area contributed by atoms with Crippen molar-refractivity contribution in [3.8, 4) is 0 Å². The van der Waals surface area contributed by atoms with Crippen LogP contribution in [0, 0.1) is 11.8 Å². The largest absolute Gasteiger partial charge is 0.481 e. The molecule has 152 valence electrons. The molecule has 0 saturated carbocycles. The molecule has 3 aromatic rings. The second-order valence-electron chi connectivity index (χ2n) is 8.08. The number of fused-ring (bicyclic) bond motifs is 1. The van der Waals surface area contributed by atoms with Crippen LogP contribution in [0.2, 0.25) is 0 Å². The predicted octanol–water partition coefficient (Wildman–Crippen LogP) is 3.55. The van der Waals surface area contributed by atoms with Gasteiger partial charge in [-0.3, -0.25) is 9.78 Å². The number of aromatic nitrogens is 3. The van der Waals surface area contributed by atoms with Crippen LogP contribution in [0.15, 0.2) is 48.8 Å². The monoisotopic (exact) mass is 392 g/mol. The van der Waals surface area contributed by atoms with Crippen molar-refractivity contribution < 1.29 is 9.90 Å². The van der Waals surface area contributed by atoms with Gasteiger partial charge in [0, 0.05) is 25.6 Å². The number of benzene rings is 1. The van der Waals surface area contributed by atoms with E-state index in [0.29, 0.717) is 5.92 Å². The van der Waals surface area contributed by atoms with Gasteiger partial charge in [0.25, 0.3) is 0 Å². The summed E-state index contributed by atoms with van der Waals surface area (Å²) in [6, 6.07) is 12.5. The van der Waals surface area contributed by atoms with Crippen molar-refractivity contribution in [1.82, 2.24) is 19.9 Å². The van der Waals surface area contributed by atoms with Crippen LogP contribution in [0.5, 0.6) is 0 Å². The first-order valence-corrected chi connectivity index (χ1v) is 10.4. The number of hydrogen-bond acceptors (Lipinski definition) is 4. The summed E-state index contributed by atoms with van der Waals surface area (Å²) in [4.78, 5) is 26.1. The maximum atomic E-state index is 11.4. The van der Waals surface area contributed by atoms with E-state index in [2.05, 4.69) is 50.2 Å². The first-order chi connectivity index (χ1) is 14.2. The fourth-order valence-corrected chi connectivity index (χ4v) is 4.49. The van der Waals surface area contributed by atoms with Gasteiger partial charge in [0.2, 0.25) is 0 Å². The van der Waals surface area contributed by atoms with Crippen molar-refractivity contribution in [2.24, 2.45) is 11.8 Å². The molecular weight excluding hydrogens is 364 g/mol. The molecule has 0 bridgehead atoms. The van der Waals surface area contributed by atoms with Crippen LogP contribution in [-0.4, -0.2) is 50.6 Å². The third-order valence-electron chi connectivity index (χ3n) is 5.98. The lowest BCUT2D eigenvalue weighted by Gasteiger charge is -2.38. The summed E-state index contributed by atoms with van der Waals surface area (Å²) in [6.07, 6.45) is 7.69. The highest BCUT2D eigenvalue weighted by molar-refractivity contribution is 5.73. The molecule has 2 N–H and O–H groups in total. The summed E-state index contributed by atoms with van der Waals surface area (Å²) in [5, 5.41) is 9.35. The highest BCUT2D eigenvalue weighted by Crippen LogP contribution is 2.29. The second kappa shape index (κ2) is 9.18. The van der Waals surface area contributed by atoms with Gasteiger partial charge < -0.3 is 15.0 Å². The molecule has 3 heterocycles. The lowest BCUT2D eigenvalue weighted by molar-refractivity contribution is -0.139. The zero-order valence-corrected chi connectivity index (χ0v) is 16.6. The molecule has 1 aromatic carbocycles. The van der Waals surface area contributed by atoms with Crippen molar-refractivity contribution in [1.29, 1.82) is 0 Å². The minimum atomic E-state index is -0.702. The number of pyridine rings is 1. The Balaban J connectivity index is 1.39. The molecule has 0 spiro atoms. The normalized spacial score (nSPS) is 20.1. The summed E-state index contributed by atoms with van der Waals surface area (Å²) < 4.78 is 0. The van der Waals surface area contributed by atoms with Gasteiger partial charge in [-0.2, -0.15) is 0 Å². The zero-order chi connectivity index (χ0) is 20.1. The smallest absolute Gasteiger partial charge is 0.303 e. The Kier molecular flexibility index (Phi) is 6.20. The fraction of sp³-hybridized carbons (Fsp3) is 0.435. The van der Waals surface area contributed by atoms with Crippen LogP contribution < -0.4 is 0 Å². The molecule has 1 fully saturated rings. The molecule has 2 aromatic heterocycles. The average Bonchev–Trinajstić information content (AvgIpc) is 3.13. The molecule has 6 nitrogen and oxygen atoms in total. The molecule has 4 rings (SSSR count). The highest BCUT2D eigenvalue weighted by atomic mass is 16.4. The number of piperidine rings is 1. The minimum absolute atomic E-state index is 0.198. The summed E-state index contributed by atoms with van der Waals surface area (Å²) >= 11 is 0. The molecule has 2 atom stereocenters. The van der Waals surface area contributed by atoms with Crippen LogP contribution in [0.4, 0.5) is 0 Å². The van der Waals surface area contributed by atoms with Crippen LogP contribution in [-0.2, 0) is 17.6 Å². The van der Waals surface area contributed by atoms with Gasteiger partial charge in [-0.1, -0.05) is 30.3 Å². The van der Waals surface area contributed by atoms with Gasteiger partial charge in [-0.05, 0) is 55.8 Å². The maximum Gasteiger partial charge on any atom is 0.303 e. The van der Waals surface area contributed by atoms with Gasteiger partial charge in [0.1, 0.15) is 5.82 Å². The lowest BCUT2D eigenvalue weighted by atomic mass is 9.81. The van der Waals surface area contributed by atoms with E-state index in [1.807, 2.05) is 6.07 Å². The topological polar surface area (TPSA) is 82.1 Å². The first kappa shape index (κ1) is 19.6. The number of carbonyl (C=O) groups is 1. The molecule has 0 unspecified atom stereocenters. The van der Waals surface area contributed by atoms with Crippen molar-refractivity contribution in [3.63, 3.8) is 0 Å². The number of rotatable bonds is 8.